The first-order valence-electron chi connectivity index (χ1n) is 14.5. The van der Waals surface area contributed by atoms with Crippen molar-refractivity contribution in [3.05, 3.63) is 69.8 Å². The zero-order chi connectivity index (χ0) is 31.3. The molecule has 0 unspecified atom stereocenters. The third-order valence-corrected chi connectivity index (χ3v) is 8.65. The first kappa shape index (κ1) is 32.9. The van der Waals surface area contributed by atoms with Gasteiger partial charge in [0.1, 0.15) is 10.4 Å². The van der Waals surface area contributed by atoms with Crippen LogP contribution in [-0.4, -0.2) is 54.5 Å². The van der Waals surface area contributed by atoms with Crippen molar-refractivity contribution < 1.29 is 23.8 Å². The van der Waals surface area contributed by atoms with E-state index in [9.17, 15) is 14.4 Å². The van der Waals surface area contributed by atoms with Gasteiger partial charge >= 0.3 is 0 Å². The van der Waals surface area contributed by atoms with E-state index in [0.29, 0.717) is 77.9 Å². The van der Waals surface area contributed by atoms with Gasteiger partial charge in [-0.25, -0.2) is 4.98 Å². The van der Waals surface area contributed by atoms with Crippen LogP contribution < -0.4 is 30.4 Å². The number of nitrogens with one attached hydrogen (secondary N) is 2. The molecule has 0 spiro atoms. The lowest BCUT2D eigenvalue weighted by molar-refractivity contribution is -0.121. The maximum Gasteiger partial charge on any atom is 0.272 e. The lowest BCUT2D eigenvalue weighted by Gasteiger charge is -2.12. The van der Waals surface area contributed by atoms with E-state index in [0.717, 1.165) is 17.7 Å². The van der Waals surface area contributed by atoms with Gasteiger partial charge in [0, 0.05) is 25.2 Å². The minimum absolute atomic E-state index is 0.000832. The molecule has 0 atom stereocenters. The second-order valence-electron chi connectivity index (χ2n) is 9.88. The molecule has 4 rings (SSSR count). The van der Waals surface area contributed by atoms with Gasteiger partial charge < -0.3 is 24.8 Å². The van der Waals surface area contributed by atoms with Gasteiger partial charge in [-0.2, -0.15) is 0 Å². The Balaban J connectivity index is 1.23. The fourth-order valence-corrected chi connectivity index (χ4v) is 6.17. The summed E-state index contributed by atoms with van der Waals surface area (Å²) in [5, 5.41) is 8.20. The normalized spacial score (nSPS) is 10.9. The molecular weight excluding hydrogens is 601 g/mol. The Kier molecular flexibility index (Phi) is 12.5. The highest BCUT2D eigenvalue weighted by atomic mass is 32.2. The fourth-order valence-electron chi connectivity index (χ4n) is 4.56. The lowest BCUT2D eigenvalue weighted by atomic mass is 10.1. The summed E-state index contributed by atoms with van der Waals surface area (Å²) in [5.41, 5.74) is 2.25. The molecule has 4 aromatic rings. The second kappa shape index (κ2) is 16.7. The van der Waals surface area contributed by atoms with Crippen molar-refractivity contribution >= 4 is 50.8 Å². The zero-order valence-corrected chi connectivity index (χ0v) is 26.9. The standard InChI is InChI=1S/C32H38N4O6S2/c1-4-42-24-12-10-23(11-13-24)34-29(38)21-44-32-35-25-16-19-43-30(25)31(39)36(32)18-7-5-6-8-28(37)33-17-15-22-9-14-26(40-2)27(20-22)41-3/h9-14,16,19-20H,4-8,15,17-18,21H2,1-3H3,(H,33,37)(H,34,38). The van der Waals surface area contributed by atoms with Crippen LogP contribution in [0, 0.1) is 0 Å². The van der Waals surface area contributed by atoms with E-state index >= 15 is 0 Å². The maximum atomic E-state index is 13.2. The molecule has 0 fully saturated rings. The van der Waals surface area contributed by atoms with Crippen molar-refractivity contribution in [3.8, 4) is 17.2 Å². The van der Waals surface area contributed by atoms with E-state index in [1.807, 2.05) is 36.6 Å². The first-order valence-corrected chi connectivity index (χ1v) is 16.4. The van der Waals surface area contributed by atoms with Gasteiger partial charge in [-0.15, -0.1) is 11.3 Å². The predicted molar refractivity (Wildman–Crippen MR) is 176 cm³/mol. The smallest absolute Gasteiger partial charge is 0.272 e. The quantitative estimate of drug-likeness (QED) is 0.0881. The molecule has 0 bridgehead atoms. The summed E-state index contributed by atoms with van der Waals surface area (Å²) < 4.78 is 18.3. The highest BCUT2D eigenvalue weighted by molar-refractivity contribution is 7.99. The molecule has 0 aliphatic rings. The van der Waals surface area contributed by atoms with E-state index in [1.165, 1.54) is 23.1 Å². The summed E-state index contributed by atoms with van der Waals surface area (Å²) in [5.74, 6) is 1.99. The number of fused-ring (bicyclic) bond motifs is 1. The average Bonchev–Trinajstić information content (AvgIpc) is 3.51. The van der Waals surface area contributed by atoms with Crippen molar-refractivity contribution in [1.82, 2.24) is 14.9 Å². The Morgan fingerprint density at radius 2 is 1.77 bits per heavy atom. The predicted octanol–water partition coefficient (Wildman–Crippen LogP) is 5.52. The van der Waals surface area contributed by atoms with Gasteiger partial charge in [-0.05, 0) is 79.6 Å². The van der Waals surface area contributed by atoms with E-state index in [1.54, 1.807) is 43.1 Å². The van der Waals surface area contributed by atoms with Gasteiger partial charge in [-0.1, -0.05) is 24.2 Å². The number of benzene rings is 2. The number of rotatable bonds is 17. The largest absolute Gasteiger partial charge is 0.494 e. The molecule has 2 heterocycles. The van der Waals surface area contributed by atoms with Crippen LogP contribution in [-0.2, 0) is 22.6 Å². The number of hydrogen-bond donors (Lipinski definition) is 2. The van der Waals surface area contributed by atoms with Crippen LogP contribution in [0.1, 0.15) is 38.2 Å². The molecule has 2 aromatic heterocycles. The molecule has 44 heavy (non-hydrogen) atoms. The number of thiophene rings is 1. The molecule has 0 aliphatic carbocycles. The van der Waals surface area contributed by atoms with Gasteiger partial charge in [0.15, 0.2) is 16.7 Å². The van der Waals surface area contributed by atoms with Crippen LogP contribution in [0.15, 0.2) is 63.9 Å². The number of unbranched alkanes of at least 4 members (excludes halogenated alkanes) is 2. The molecule has 10 nitrogen and oxygen atoms in total. The monoisotopic (exact) mass is 638 g/mol. The van der Waals surface area contributed by atoms with Gasteiger partial charge in [0.05, 0.1) is 32.1 Å². The average molecular weight is 639 g/mol. The molecule has 2 amide bonds. The van der Waals surface area contributed by atoms with E-state index < -0.39 is 0 Å². The zero-order valence-electron chi connectivity index (χ0n) is 25.2. The molecule has 2 N–H and O–H groups in total. The molecule has 0 radical (unpaired) electrons. The Bertz CT molecular complexity index is 1600. The number of methoxy groups -OCH3 is 2. The summed E-state index contributed by atoms with van der Waals surface area (Å²) in [6, 6.07) is 14.7. The van der Waals surface area contributed by atoms with Crippen LogP contribution >= 0.6 is 23.1 Å². The van der Waals surface area contributed by atoms with Crippen molar-refractivity contribution in [2.75, 3.05) is 38.4 Å². The molecule has 2 aromatic carbocycles. The molecule has 12 heteroatoms. The summed E-state index contributed by atoms with van der Waals surface area (Å²) in [4.78, 5) is 42.9. The molecule has 234 valence electrons. The van der Waals surface area contributed by atoms with Gasteiger partial charge in [0.25, 0.3) is 5.56 Å². The molecular formula is C32H38N4O6S2. The van der Waals surface area contributed by atoms with Crippen LogP contribution in [0.3, 0.4) is 0 Å². The first-order chi connectivity index (χ1) is 21.4. The SMILES string of the molecule is CCOc1ccc(NC(=O)CSc2nc3ccsc3c(=O)n2CCCCCC(=O)NCCc2ccc(OC)c(OC)c2)cc1. The Morgan fingerprint density at radius 1 is 0.977 bits per heavy atom. The molecule has 0 aliphatic heterocycles. The van der Waals surface area contributed by atoms with Gasteiger partial charge in [0.2, 0.25) is 11.8 Å². The van der Waals surface area contributed by atoms with E-state index in [4.69, 9.17) is 14.2 Å². The Labute approximate surface area is 265 Å². The number of amides is 2. The number of hydrogen-bond acceptors (Lipinski definition) is 9. The number of carbonyl (C=O) groups is 2. The number of thioether (sulfide) groups is 1. The highest BCUT2D eigenvalue weighted by Gasteiger charge is 2.15. The minimum Gasteiger partial charge on any atom is -0.494 e. The van der Waals surface area contributed by atoms with Crippen LogP contribution in [0.5, 0.6) is 17.2 Å². The van der Waals surface area contributed by atoms with Crippen LogP contribution in [0.4, 0.5) is 5.69 Å². The van der Waals surface area contributed by atoms with E-state index in [-0.39, 0.29) is 23.1 Å². The van der Waals surface area contributed by atoms with Gasteiger partial charge in [-0.3, -0.25) is 19.0 Å². The number of nitrogens with zero attached hydrogens (tertiary/aromatic N) is 2. The topological polar surface area (TPSA) is 121 Å². The van der Waals surface area contributed by atoms with Crippen LogP contribution in [0.25, 0.3) is 10.2 Å². The fraction of sp³-hybridized carbons (Fsp3) is 0.375. The summed E-state index contributed by atoms with van der Waals surface area (Å²) >= 11 is 2.60. The second-order valence-corrected chi connectivity index (χ2v) is 11.7. The minimum atomic E-state index is -0.192. The number of ether oxygens (including phenoxy) is 3. The number of carbonyl (C=O) groups excluding carboxylic acids is 2. The van der Waals surface area contributed by atoms with E-state index in [2.05, 4.69) is 15.6 Å². The lowest BCUT2D eigenvalue weighted by Crippen LogP contribution is -2.25. The Morgan fingerprint density at radius 3 is 2.52 bits per heavy atom. The number of anilines is 1. The Hall–Kier alpha value is -4.03. The third kappa shape index (κ3) is 9.23. The summed E-state index contributed by atoms with van der Waals surface area (Å²) in [6.45, 7) is 3.48. The number of aromatic nitrogens is 2. The van der Waals surface area contributed by atoms with Crippen molar-refractivity contribution in [2.45, 2.75) is 50.7 Å². The van der Waals surface area contributed by atoms with Crippen molar-refractivity contribution in [1.29, 1.82) is 0 Å². The molecule has 0 saturated heterocycles. The molecule has 0 saturated carbocycles. The summed E-state index contributed by atoms with van der Waals surface area (Å²) in [6.07, 6.45) is 3.30. The summed E-state index contributed by atoms with van der Waals surface area (Å²) in [7, 11) is 3.20. The van der Waals surface area contributed by atoms with Crippen molar-refractivity contribution in [3.63, 3.8) is 0 Å². The van der Waals surface area contributed by atoms with Crippen LogP contribution in [0.2, 0.25) is 0 Å². The highest BCUT2D eigenvalue weighted by Crippen LogP contribution is 2.27. The van der Waals surface area contributed by atoms with Crippen molar-refractivity contribution in [2.24, 2.45) is 0 Å². The maximum absolute atomic E-state index is 13.2. The third-order valence-electron chi connectivity index (χ3n) is 6.78.